The monoisotopic (exact) mass is 210 g/mol. The molecule has 0 saturated carbocycles. The van der Waals surface area contributed by atoms with Crippen LogP contribution >= 0.6 is 11.3 Å². The van der Waals surface area contributed by atoms with Gasteiger partial charge in [0.2, 0.25) is 0 Å². The zero-order valence-electron chi connectivity index (χ0n) is 6.28. The zero-order chi connectivity index (χ0) is 9.19. The molecule has 0 aromatic carbocycles. The van der Waals surface area contributed by atoms with Crippen LogP contribution < -0.4 is 0 Å². The van der Waals surface area contributed by atoms with Crippen LogP contribution in [0.15, 0.2) is 16.3 Å². The Morgan fingerprint density at radius 3 is 2.67 bits per heavy atom. The molecule has 1 rings (SSSR count). The van der Waals surface area contributed by atoms with E-state index in [0.29, 0.717) is 11.5 Å². The van der Waals surface area contributed by atoms with E-state index >= 15 is 0 Å². The summed E-state index contributed by atoms with van der Waals surface area (Å²) in [5, 5.41) is 0. The fourth-order valence-electron chi connectivity index (χ4n) is 0.709. The molecule has 0 radical (unpaired) electrons. The second-order valence-corrected chi connectivity index (χ2v) is 4.83. The highest BCUT2D eigenvalue weighted by molar-refractivity contribution is 7.88. The molecular formula is C6H7FO3S2. The molecule has 0 N–H and O–H groups in total. The summed E-state index contributed by atoms with van der Waals surface area (Å²) in [6, 6.07) is 2.76. The van der Waals surface area contributed by atoms with Crippen LogP contribution in [-0.4, -0.2) is 15.5 Å². The van der Waals surface area contributed by atoms with Gasteiger partial charge < -0.3 is 4.74 Å². The molecule has 1 aromatic rings. The molecule has 12 heavy (non-hydrogen) atoms. The molecule has 0 aliphatic rings. The van der Waals surface area contributed by atoms with Gasteiger partial charge in [0.25, 0.3) is 0 Å². The van der Waals surface area contributed by atoms with Crippen LogP contribution in [0.2, 0.25) is 0 Å². The van der Waals surface area contributed by atoms with E-state index in [9.17, 15) is 12.3 Å². The first-order valence-electron chi connectivity index (χ1n) is 3.06. The summed E-state index contributed by atoms with van der Waals surface area (Å²) in [6.45, 7) is 0.306. The van der Waals surface area contributed by atoms with Crippen molar-refractivity contribution in [1.82, 2.24) is 0 Å². The molecular weight excluding hydrogens is 203 g/mol. The van der Waals surface area contributed by atoms with Gasteiger partial charge in [-0.2, -0.15) is 8.42 Å². The molecule has 0 unspecified atom stereocenters. The van der Waals surface area contributed by atoms with Crippen molar-refractivity contribution < 1.29 is 17.0 Å². The van der Waals surface area contributed by atoms with Crippen LogP contribution in [-0.2, 0) is 21.6 Å². The van der Waals surface area contributed by atoms with Gasteiger partial charge in [-0.15, -0.1) is 11.3 Å². The van der Waals surface area contributed by atoms with E-state index in [1.165, 1.54) is 19.2 Å². The summed E-state index contributed by atoms with van der Waals surface area (Å²) in [6.07, 6.45) is 0. The van der Waals surface area contributed by atoms with Crippen molar-refractivity contribution in [2.75, 3.05) is 7.11 Å². The standard InChI is InChI=1S/C6H7FO3S2/c1-10-4-5-2-3-6(11-5)12(7,8)9/h2-3H,4H2,1H3. The number of hydrogen-bond donors (Lipinski definition) is 0. The highest BCUT2D eigenvalue weighted by Gasteiger charge is 2.14. The highest BCUT2D eigenvalue weighted by atomic mass is 32.3. The van der Waals surface area contributed by atoms with Crippen LogP contribution in [0.3, 0.4) is 0 Å². The summed E-state index contributed by atoms with van der Waals surface area (Å²) in [4.78, 5) is 0.689. The lowest BCUT2D eigenvalue weighted by Crippen LogP contribution is -1.85. The van der Waals surface area contributed by atoms with E-state index in [2.05, 4.69) is 0 Å². The van der Waals surface area contributed by atoms with E-state index in [1.807, 2.05) is 0 Å². The average molecular weight is 210 g/mol. The van der Waals surface area contributed by atoms with Gasteiger partial charge in [-0.25, -0.2) is 0 Å². The Balaban J connectivity index is 2.92. The first-order valence-corrected chi connectivity index (χ1v) is 5.26. The zero-order valence-corrected chi connectivity index (χ0v) is 7.91. The molecule has 0 aliphatic heterocycles. The quantitative estimate of drug-likeness (QED) is 0.711. The SMILES string of the molecule is COCc1ccc(S(=O)(=O)F)s1. The Bertz CT molecular complexity index is 355. The van der Waals surface area contributed by atoms with Crippen molar-refractivity contribution in [3.8, 4) is 0 Å². The molecule has 1 heterocycles. The Hall–Kier alpha value is -0.460. The topological polar surface area (TPSA) is 43.4 Å². The van der Waals surface area contributed by atoms with Gasteiger partial charge >= 0.3 is 10.2 Å². The number of thiophene rings is 1. The maximum atomic E-state index is 12.3. The summed E-state index contributed by atoms with van der Waals surface area (Å²) < 4.78 is 37.5. The Morgan fingerprint density at radius 1 is 1.58 bits per heavy atom. The fraction of sp³-hybridized carbons (Fsp3) is 0.333. The molecule has 0 bridgehead atoms. The average Bonchev–Trinajstić information content (AvgIpc) is 2.35. The Morgan fingerprint density at radius 2 is 2.25 bits per heavy atom. The lowest BCUT2D eigenvalue weighted by atomic mass is 10.5. The third kappa shape index (κ3) is 2.26. The van der Waals surface area contributed by atoms with Crippen molar-refractivity contribution in [3.05, 3.63) is 17.0 Å². The number of methoxy groups -OCH3 is 1. The molecule has 3 nitrogen and oxygen atoms in total. The molecule has 0 amide bonds. The number of halogens is 1. The molecule has 0 fully saturated rings. The van der Waals surface area contributed by atoms with Gasteiger partial charge in [0.05, 0.1) is 6.61 Å². The molecule has 1 aromatic heterocycles. The molecule has 0 atom stereocenters. The number of ether oxygens (including phenoxy) is 1. The number of rotatable bonds is 3. The van der Waals surface area contributed by atoms with Crippen LogP contribution in [0.5, 0.6) is 0 Å². The number of hydrogen-bond acceptors (Lipinski definition) is 4. The first-order chi connectivity index (χ1) is 5.54. The second kappa shape index (κ2) is 3.51. The lowest BCUT2D eigenvalue weighted by Gasteiger charge is -1.90. The van der Waals surface area contributed by atoms with E-state index in [1.54, 1.807) is 0 Å². The van der Waals surface area contributed by atoms with Crippen LogP contribution in [0.4, 0.5) is 3.89 Å². The third-order valence-corrected chi connectivity index (χ3v) is 3.48. The summed E-state index contributed by atoms with van der Waals surface area (Å²) in [5.74, 6) is 0. The predicted molar refractivity (Wildman–Crippen MR) is 43.3 cm³/mol. The largest absolute Gasteiger partial charge is 0.379 e. The van der Waals surface area contributed by atoms with Crippen molar-refractivity contribution in [1.29, 1.82) is 0 Å². The van der Waals surface area contributed by atoms with E-state index in [0.717, 1.165) is 11.3 Å². The predicted octanol–water partition coefficient (Wildman–Crippen LogP) is 1.55. The van der Waals surface area contributed by atoms with Crippen molar-refractivity contribution >= 4 is 21.6 Å². The smallest absolute Gasteiger partial charge is 0.341 e. The Kier molecular flexibility index (Phi) is 2.81. The van der Waals surface area contributed by atoms with Gasteiger partial charge in [-0.1, -0.05) is 3.89 Å². The van der Waals surface area contributed by atoms with Crippen molar-refractivity contribution in [3.63, 3.8) is 0 Å². The minimum atomic E-state index is -4.54. The molecule has 68 valence electrons. The van der Waals surface area contributed by atoms with Crippen LogP contribution in [0.25, 0.3) is 0 Å². The van der Waals surface area contributed by atoms with Crippen LogP contribution in [0.1, 0.15) is 4.88 Å². The second-order valence-electron chi connectivity index (χ2n) is 2.09. The summed E-state index contributed by atoms with van der Waals surface area (Å²) in [5.41, 5.74) is 0. The maximum Gasteiger partial charge on any atom is 0.341 e. The Labute approximate surface area is 74.0 Å². The van der Waals surface area contributed by atoms with E-state index in [4.69, 9.17) is 4.74 Å². The highest BCUT2D eigenvalue weighted by Crippen LogP contribution is 2.23. The fourth-order valence-corrected chi connectivity index (χ4v) is 2.37. The van der Waals surface area contributed by atoms with E-state index in [-0.39, 0.29) is 4.21 Å². The van der Waals surface area contributed by atoms with Crippen LogP contribution in [0, 0.1) is 0 Å². The van der Waals surface area contributed by atoms with Gasteiger partial charge in [-0.3, -0.25) is 0 Å². The first kappa shape index (κ1) is 9.63. The molecule has 0 spiro atoms. The summed E-state index contributed by atoms with van der Waals surface area (Å²) in [7, 11) is -3.05. The minimum Gasteiger partial charge on any atom is -0.379 e. The molecule has 6 heteroatoms. The molecule has 0 saturated heterocycles. The van der Waals surface area contributed by atoms with Gasteiger partial charge in [0.1, 0.15) is 0 Å². The van der Waals surface area contributed by atoms with Gasteiger partial charge in [0.15, 0.2) is 4.21 Å². The van der Waals surface area contributed by atoms with E-state index < -0.39 is 10.2 Å². The molecule has 0 aliphatic carbocycles. The minimum absolute atomic E-state index is 0.269. The van der Waals surface area contributed by atoms with Crippen molar-refractivity contribution in [2.24, 2.45) is 0 Å². The normalized spacial score (nSPS) is 11.8. The maximum absolute atomic E-state index is 12.3. The third-order valence-electron chi connectivity index (χ3n) is 1.16. The van der Waals surface area contributed by atoms with Crippen molar-refractivity contribution in [2.45, 2.75) is 10.8 Å². The van der Waals surface area contributed by atoms with Gasteiger partial charge in [-0.05, 0) is 12.1 Å². The summed E-state index contributed by atoms with van der Waals surface area (Å²) >= 11 is 0.876. The lowest BCUT2D eigenvalue weighted by molar-refractivity contribution is 0.187. The van der Waals surface area contributed by atoms with Gasteiger partial charge in [0, 0.05) is 12.0 Å².